The SMILES string of the molecule is CCCC(CC)C(C)(C)CC(C)(C)c1cn(C)nn1. The van der Waals surface area contributed by atoms with Gasteiger partial charge in [0.1, 0.15) is 0 Å². The minimum Gasteiger partial charge on any atom is -0.255 e. The Morgan fingerprint density at radius 2 is 1.84 bits per heavy atom. The highest BCUT2D eigenvalue weighted by Gasteiger charge is 2.36. The summed E-state index contributed by atoms with van der Waals surface area (Å²) in [4.78, 5) is 0. The van der Waals surface area contributed by atoms with Crippen LogP contribution in [-0.4, -0.2) is 15.0 Å². The van der Waals surface area contributed by atoms with Crippen molar-refractivity contribution in [3.63, 3.8) is 0 Å². The summed E-state index contributed by atoms with van der Waals surface area (Å²) in [5.74, 6) is 0.786. The third-order valence-electron chi connectivity index (χ3n) is 4.43. The Bertz CT molecular complexity index is 390. The van der Waals surface area contributed by atoms with E-state index in [0.717, 1.165) is 18.0 Å². The zero-order valence-corrected chi connectivity index (χ0v) is 13.8. The molecule has 0 spiro atoms. The number of hydrogen-bond donors (Lipinski definition) is 0. The Balaban J connectivity index is 2.86. The summed E-state index contributed by atoms with van der Waals surface area (Å²) in [6.07, 6.45) is 7.05. The number of hydrogen-bond acceptors (Lipinski definition) is 2. The van der Waals surface area contributed by atoms with Crippen LogP contribution in [0.3, 0.4) is 0 Å². The summed E-state index contributed by atoms with van der Waals surface area (Å²) in [7, 11) is 1.93. The van der Waals surface area contributed by atoms with E-state index in [1.54, 1.807) is 4.68 Å². The van der Waals surface area contributed by atoms with Gasteiger partial charge in [-0.2, -0.15) is 0 Å². The molecule has 3 nitrogen and oxygen atoms in total. The van der Waals surface area contributed by atoms with Crippen LogP contribution in [0.4, 0.5) is 0 Å². The molecule has 110 valence electrons. The molecule has 0 aliphatic rings. The lowest BCUT2D eigenvalue weighted by molar-refractivity contribution is 0.139. The second kappa shape index (κ2) is 6.06. The minimum absolute atomic E-state index is 0.0823. The lowest BCUT2D eigenvalue weighted by Crippen LogP contribution is -2.32. The maximum Gasteiger partial charge on any atom is 0.0883 e. The van der Waals surface area contributed by atoms with Crippen LogP contribution in [0.15, 0.2) is 6.20 Å². The maximum absolute atomic E-state index is 4.32. The molecule has 0 aliphatic heterocycles. The Labute approximate surface area is 118 Å². The first-order valence-electron chi connectivity index (χ1n) is 7.59. The molecule has 1 aromatic heterocycles. The summed E-state index contributed by atoms with van der Waals surface area (Å²) in [6, 6.07) is 0. The molecule has 3 heteroatoms. The highest BCUT2D eigenvalue weighted by Crippen LogP contribution is 2.43. The van der Waals surface area contributed by atoms with Crippen molar-refractivity contribution < 1.29 is 0 Å². The largest absolute Gasteiger partial charge is 0.255 e. The molecule has 1 rings (SSSR count). The first-order valence-corrected chi connectivity index (χ1v) is 7.59. The van der Waals surface area contributed by atoms with Gasteiger partial charge in [-0.15, -0.1) is 5.10 Å². The van der Waals surface area contributed by atoms with Gasteiger partial charge >= 0.3 is 0 Å². The van der Waals surface area contributed by atoms with Crippen LogP contribution in [0, 0.1) is 11.3 Å². The normalized spacial score (nSPS) is 14.7. The van der Waals surface area contributed by atoms with Crippen LogP contribution in [-0.2, 0) is 12.5 Å². The van der Waals surface area contributed by atoms with Crippen LogP contribution < -0.4 is 0 Å². The van der Waals surface area contributed by atoms with Gasteiger partial charge in [0.15, 0.2) is 0 Å². The van der Waals surface area contributed by atoms with Crippen molar-refractivity contribution in [2.24, 2.45) is 18.4 Å². The van der Waals surface area contributed by atoms with Gasteiger partial charge in [-0.1, -0.05) is 66.0 Å². The molecule has 0 saturated carbocycles. The number of rotatable bonds is 7. The van der Waals surface area contributed by atoms with Gasteiger partial charge in [-0.25, -0.2) is 0 Å². The number of aromatic nitrogens is 3. The summed E-state index contributed by atoms with van der Waals surface area (Å²) in [6.45, 7) is 14.0. The second-order valence-electron chi connectivity index (χ2n) is 7.22. The smallest absolute Gasteiger partial charge is 0.0883 e. The lowest BCUT2D eigenvalue weighted by Gasteiger charge is -2.39. The fraction of sp³-hybridized carbons (Fsp3) is 0.875. The van der Waals surface area contributed by atoms with E-state index in [4.69, 9.17) is 0 Å². The Morgan fingerprint density at radius 1 is 1.21 bits per heavy atom. The van der Waals surface area contributed by atoms with Crippen molar-refractivity contribution in [2.45, 2.75) is 72.6 Å². The summed E-state index contributed by atoms with van der Waals surface area (Å²) < 4.78 is 1.80. The topological polar surface area (TPSA) is 30.7 Å². The molecule has 0 radical (unpaired) electrons. The summed E-state index contributed by atoms with van der Waals surface area (Å²) >= 11 is 0. The first kappa shape index (κ1) is 16.2. The third kappa shape index (κ3) is 4.05. The average molecular weight is 265 g/mol. The molecular formula is C16H31N3. The van der Waals surface area contributed by atoms with Crippen LogP contribution in [0.2, 0.25) is 0 Å². The molecule has 0 bridgehead atoms. The number of aryl methyl sites for hydroxylation is 1. The molecule has 1 atom stereocenters. The van der Waals surface area contributed by atoms with E-state index in [9.17, 15) is 0 Å². The molecule has 0 aliphatic carbocycles. The molecule has 1 unspecified atom stereocenters. The van der Waals surface area contributed by atoms with Gasteiger partial charge in [0, 0.05) is 18.7 Å². The predicted molar refractivity (Wildman–Crippen MR) is 81.1 cm³/mol. The molecule has 19 heavy (non-hydrogen) atoms. The van der Waals surface area contributed by atoms with Crippen molar-refractivity contribution in [3.05, 3.63) is 11.9 Å². The molecule has 0 amide bonds. The van der Waals surface area contributed by atoms with Gasteiger partial charge < -0.3 is 0 Å². The standard InChI is InChI=1S/C16H31N3/c1-8-10-13(9-2)15(3,4)12-16(5,6)14-11-19(7)18-17-14/h11,13H,8-10,12H2,1-7H3. The zero-order chi connectivity index (χ0) is 14.7. The number of nitrogens with zero attached hydrogens (tertiary/aromatic N) is 3. The molecule has 0 aromatic carbocycles. The van der Waals surface area contributed by atoms with Crippen LogP contribution in [0.5, 0.6) is 0 Å². The van der Waals surface area contributed by atoms with Gasteiger partial charge in [0.05, 0.1) is 5.69 Å². The van der Waals surface area contributed by atoms with Crippen LogP contribution >= 0.6 is 0 Å². The monoisotopic (exact) mass is 265 g/mol. The van der Waals surface area contributed by atoms with E-state index in [1.807, 2.05) is 7.05 Å². The third-order valence-corrected chi connectivity index (χ3v) is 4.43. The van der Waals surface area contributed by atoms with Gasteiger partial charge in [-0.05, 0) is 17.8 Å². The zero-order valence-electron chi connectivity index (χ0n) is 13.8. The van der Waals surface area contributed by atoms with Crippen molar-refractivity contribution in [1.82, 2.24) is 15.0 Å². The van der Waals surface area contributed by atoms with Crippen molar-refractivity contribution in [3.8, 4) is 0 Å². The highest BCUT2D eigenvalue weighted by molar-refractivity contribution is 5.10. The lowest BCUT2D eigenvalue weighted by atomic mass is 9.65. The first-order chi connectivity index (χ1) is 8.73. The van der Waals surface area contributed by atoms with Crippen LogP contribution in [0.25, 0.3) is 0 Å². The van der Waals surface area contributed by atoms with Crippen LogP contribution in [0.1, 0.15) is 72.9 Å². The molecule has 0 N–H and O–H groups in total. The summed E-state index contributed by atoms with van der Waals surface area (Å²) in [5.41, 5.74) is 1.53. The Hall–Kier alpha value is -0.860. The maximum atomic E-state index is 4.32. The molecular weight excluding hydrogens is 234 g/mol. The molecule has 1 aromatic rings. The van der Waals surface area contributed by atoms with E-state index in [1.165, 1.54) is 19.3 Å². The molecule has 1 heterocycles. The second-order valence-corrected chi connectivity index (χ2v) is 7.22. The fourth-order valence-electron chi connectivity index (χ4n) is 3.53. The molecule has 0 fully saturated rings. The van der Waals surface area contributed by atoms with Crippen molar-refractivity contribution in [1.29, 1.82) is 0 Å². The Morgan fingerprint density at radius 3 is 2.26 bits per heavy atom. The highest BCUT2D eigenvalue weighted by atomic mass is 15.4. The quantitative estimate of drug-likeness (QED) is 0.734. The van der Waals surface area contributed by atoms with Gasteiger partial charge in [0.25, 0.3) is 0 Å². The van der Waals surface area contributed by atoms with Gasteiger partial charge in [-0.3, -0.25) is 4.68 Å². The van der Waals surface area contributed by atoms with Crippen molar-refractivity contribution in [2.75, 3.05) is 0 Å². The van der Waals surface area contributed by atoms with E-state index in [-0.39, 0.29) is 5.41 Å². The predicted octanol–water partition coefficient (Wildman–Crippen LogP) is 4.34. The Kier molecular flexibility index (Phi) is 5.17. The van der Waals surface area contributed by atoms with Crippen molar-refractivity contribution >= 4 is 0 Å². The van der Waals surface area contributed by atoms with E-state index < -0.39 is 0 Å². The van der Waals surface area contributed by atoms with E-state index in [2.05, 4.69) is 58.1 Å². The summed E-state index contributed by atoms with van der Waals surface area (Å²) in [5, 5.41) is 8.40. The minimum atomic E-state index is 0.0823. The van der Waals surface area contributed by atoms with Gasteiger partial charge in [0.2, 0.25) is 0 Å². The van der Waals surface area contributed by atoms with E-state index in [0.29, 0.717) is 5.41 Å². The van der Waals surface area contributed by atoms with E-state index >= 15 is 0 Å². The average Bonchev–Trinajstić information content (AvgIpc) is 2.71. The fourth-order valence-corrected chi connectivity index (χ4v) is 3.53. The molecule has 0 saturated heterocycles.